The van der Waals surface area contributed by atoms with Gasteiger partial charge in [-0.05, 0) is 19.9 Å². The van der Waals surface area contributed by atoms with Crippen molar-refractivity contribution in [2.24, 2.45) is 5.73 Å². The minimum absolute atomic E-state index is 0.142. The number of hydrogen-bond acceptors (Lipinski definition) is 4. The van der Waals surface area contributed by atoms with E-state index in [9.17, 15) is 0 Å². The third-order valence-corrected chi connectivity index (χ3v) is 3.77. The number of benzene rings is 1. The highest BCUT2D eigenvalue weighted by Gasteiger charge is 2.32. The van der Waals surface area contributed by atoms with Crippen molar-refractivity contribution < 1.29 is 9.47 Å². The van der Waals surface area contributed by atoms with E-state index in [-0.39, 0.29) is 5.54 Å². The van der Waals surface area contributed by atoms with Gasteiger partial charge in [-0.25, -0.2) is 0 Å². The lowest BCUT2D eigenvalue weighted by Gasteiger charge is -2.39. The highest BCUT2D eigenvalue weighted by Crippen LogP contribution is 2.26. The molecule has 2 rings (SSSR count). The first-order chi connectivity index (χ1) is 9.19. The Hall–Kier alpha value is -1.10. The van der Waals surface area contributed by atoms with Crippen LogP contribution in [0.1, 0.15) is 19.4 Å². The molecule has 2 N–H and O–H groups in total. The van der Waals surface area contributed by atoms with Crippen LogP contribution < -0.4 is 10.5 Å². The van der Waals surface area contributed by atoms with Crippen LogP contribution in [0.25, 0.3) is 0 Å². The largest absolute Gasteiger partial charge is 0.492 e. The third-order valence-electron chi connectivity index (χ3n) is 3.77. The number of para-hydroxylation sites is 1. The Bertz CT molecular complexity index is 411. The van der Waals surface area contributed by atoms with Crippen molar-refractivity contribution in [3.63, 3.8) is 0 Å². The lowest BCUT2D eigenvalue weighted by molar-refractivity contribution is 0.00367. The molecule has 1 heterocycles. The smallest absolute Gasteiger partial charge is 0.123 e. The quantitative estimate of drug-likeness (QED) is 0.878. The van der Waals surface area contributed by atoms with E-state index in [1.807, 2.05) is 25.1 Å². The Morgan fingerprint density at radius 3 is 2.95 bits per heavy atom. The number of hydrogen-bond donors (Lipinski definition) is 1. The van der Waals surface area contributed by atoms with Crippen LogP contribution in [-0.4, -0.2) is 43.3 Å². The molecule has 1 aliphatic heterocycles. The third kappa shape index (κ3) is 3.26. The van der Waals surface area contributed by atoms with Gasteiger partial charge in [-0.15, -0.1) is 0 Å². The highest BCUT2D eigenvalue weighted by atomic mass is 16.5. The Morgan fingerprint density at radius 1 is 1.42 bits per heavy atom. The Labute approximate surface area is 115 Å². The molecular formula is C15H24N2O2. The average molecular weight is 264 g/mol. The van der Waals surface area contributed by atoms with E-state index in [1.165, 1.54) is 5.56 Å². The van der Waals surface area contributed by atoms with Gasteiger partial charge < -0.3 is 15.2 Å². The first-order valence-electron chi connectivity index (χ1n) is 6.93. The Morgan fingerprint density at radius 2 is 2.21 bits per heavy atom. The number of ether oxygens (including phenoxy) is 2. The van der Waals surface area contributed by atoms with Gasteiger partial charge in [-0.2, -0.15) is 0 Å². The van der Waals surface area contributed by atoms with Gasteiger partial charge in [0.15, 0.2) is 0 Å². The van der Waals surface area contributed by atoms with E-state index in [0.717, 1.165) is 25.4 Å². The van der Waals surface area contributed by atoms with Crippen LogP contribution in [0.15, 0.2) is 24.3 Å². The molecule has 4 heteroatoms. The summed E-state index contributed by atoms with van der Waals surface area (Å²) < 4.78 is 11.4. The van der Waals surface area contributed by atoms with Crippen molar-refractivity contribution in [3.05, 3.63) is 29.8 Å². The Balaban J connectivity index is 2.16. The first kappa shape index (κ1) is 14.3. The Kier molecular flexibility index (Phi) is 4.80. The van der Waals surface area contributed by atoms with E-state index >= 15 is 0 Å². The number of rotatable bonds is 5. The van der Waals surface area contributed by atoms with E-state index in [4.69, 9.17) is 15.2 Å². The summed E-state index contributed by atoms with van der Waals surface area (Å²) in [5, 5.41) is 0. The molecule has 0 fully saturated rings. The van der Waals surface area contributed by atoms with Crippen molar-refractivity contribution in [1.29, 1.82) is 0 Å². The first-order valence-corrected chi connectivity index (χ1v) is 6.93. The summed E-state index contributed by atoms with van der Waals surface area (Å²) in [6.45, 7) is 8.55. The van der Waals surface area contributed by atoms with Gasteiger partial charge in [-0.1, -0.05) is 18.2 Å². The molecule has 0 bridgehead atoms. The molecule has 0 radical (unpaired) electrons. The lowest BCUT2D eigenvalue weighted by Crippen LogP contribution is -2.55. The summed E-state index contributed by atoms with van der Waals surface area (Å²) >= 11 is 0. The molecule has 4 nitrogen and oxygen atoms in total. The molecule has 0 aliphatic carbocycles. The van der Waals surface area contributed by atoms with Gasteiger partial charge in [0, 0.05) is 31.8 Å². The topological polar surface area (TPSA) is 47.7 Å². The number of nitrogens with two attached hydrogens (primary N) is 1. The van der Waals surface area contributed by atoms with Crippen LogP contribution in [-0.2, 0) is 11.3 Å². The molecule has 0 amide bonds. The fourth-order valence-corrected chi connectivity index (χ4v) is 2.39. The van der Waals surface area contributed by atoms with Gasteiger partial charge in [0.2, 0.25) is 0 Å². The minimum Gasteiger partial charge on any atom is -0.492 e. The fraction of sp³-hybridized carbons (Fsp3) is 0.600. The number of fused-ring (bicyclic) bond motifs is 1. The van der Waals surface area contributed by atoms with Crippen molar-refractivity contribution >= 4 is 0 Å². The highest BCUT2D eigenvalue weighted by molar-refractivity contribution is 5.34. The van der Waals surface area contributed by atoms with Crippen LogP contribution in [0.2, 0.25) is 0 Å². The van der Waals surface area contributed by atoms with Crippen molar-refractivity contribution in [3.8, 4) is 5.75 Å². The SMILES string of the molecule is CCOCC(C)(CN)N1CCOc2ccccc2C1. The zero-order valence-corrected chi connectivity index (χ0v) is 11.9. The summed E-state index contributed by atoms with van der Waals surface area (Å²) in [6.07, 6.45) is 0. The molecule has 0 saturated carbocycles. The molecular weight excluding hydrogens is 240 g/mol. The van der Waals surface area contributed by atoms with E-state index in [0.29, 0.717) is 19.8 Å². The van der Waals surface area contributed by atoms with E-state index in [2.05, 4.69) is 17.9 Å². The summed E-state index contributed by atoms with van der Waals surface area (Å²) in [5.74, 6) is 0.987. The summed E-state index contributed by atoms with van der Waals surface area (Å²) in [5.41, 5.74) is 7.06. The van der Waals surface area contributed by atoms with Gasteiger partial charge >= 0.3 is 0 Å². The van der Waals surface area contributed by atoms with E-state index < -0.39 is 0 Å². The average Bonchev–Trinajstić information content (AvgIpc) is 2.67. The van der Waals surface area contributed by atoms with Crippen LogP contribution in [0.4, 0.5) is 0 Å². The minimum atomic E-state index is -0.142. The molecule has 1 unspecified atom stereocenters. The predicted octanol–water partition coefficient (Wildman–Crippen LogP) is 1.63. The second-order valence-corrected chi connectivity index (χ2v) is 5.22. The fourth-order valence-electron chi connectivity index (χ4n) is 2.39. The van der Waals surface area contributed by atoms with Crippen LogP contribution in [0.5, 0.6) is 5.75 Å². The summed E-state index contributed by atoms with van der Waals surface area (Å²) in [7, 11) is 0. The van der Waals surface area contributed by atoms with Gasteiger partial charge in [0.1, 0.15) is 12.4 Å². The monoisotopic (exact) mass is 264 g/mol. The molecule has 19 heavy (non-hydrogen) atoms. The molecule has 0 saturated heterocycles. The van der Waals surface area contributed by atoms with Crippen LogP contribution in [0, 0.1) is 0 Å². The summed E-state index contributed by atoms with van der Waals surface area (Å²) in [4.78, 5) is 2.37. The molecule has 1 aromatic carbocycles. The van der Waals surface area contributed by atoms with Crippen LogP contribution >= 0.6 is 0 Å². The predicted molar refractivity (Wildman–Crippen MR) is 76.3 cm³/mol. The zero-order valence-electron chi connectivity index (χ0n) is 11.9. The van der Waals surface area contributed by atoms with Crippen LogP contribution in [0.3, 0.4) is 0 Å². The second kappa shape index (κ2) is 6.37. The van der Waals surface area contributed by atoms with Gasteiger partial charge in [0.25, 0.3) is 0 Å². The maximum absolute atomic E-state index is 5.99. The van der Waals surface area contributed by atoms with Crippen molar-refractivity contribution in [2.45, 2.75) is 25.9 Å². The number of nitrogens with zero attached hydrogens (tertiary/aromatic N) is 1. The van der Waals surface area contributed by atoms with E-state index in [1.54, 1.807) is 0 Å². The van der Waals surface area contributed by atoms with Crippen molar-refractivity contribution in [1.82, 2.24) is 4.90 Å². The molecule has 1 aromatic rings. The zero-order chi connectivity index (χ0) is 13.7. The molecule has 106 valence electrons. The maximum Gasteiger partial charge on any atom is 0.123 e. The second-order valence-electron chi connectivity index (χ2n) is 5.22. The molecule has 0 spiro atoms. The van der Waals surface area contributed by atoms with Gasteiger partial charge in [0.05, 0.1) is 12.1 Å². The molecule has 1 aliphatic rings. The maximum atomic E-state index is 5.99. The van der Waals surface area contributed by atoms with Crippen molar-refractivity contribution in [2.75, 3.05) is 32.9 Å². The summed E-state index contributed by atoms with van der Waals surface area (Å²) in [6, 6.07) is 8.21. The normalized spacial score (nSPS) is 19.1. The standard InChI is InChI=1S/C15H24N2O2/c1-3-18-12-15(2,11-16)17-8-9-19-14-7-5-4-6-13(14)10-17/h4-7H,3,8-12,16H2,1-2H3. The molecule has 1 atom stereocenters. The van der Waals surface area contributed by atoms with Gasteiger partial charge in [-0.3, -0.25) is 4.90 Å². The molecule has 0 aromatic heterocycles. The lowest BCUT2D eigenvalue weighted by atomic mass is 10.00.